The molecule has 2 N–H and O–H groups in total. The van der Waals surface area contributed by atoms with Gasteiger partial charge in [-0.05, 0) is 6.07 Å². The van der Waals surface area contributed by atoms with Gasteiger partial charge in [0.05, 0.1) is 11.3 Å². The van der Waals surface area contributed by atoms with E-state index in [-0.39, 0.29) is 11.3 Å². The van der Waals surface area contributed by atoms with Crippen molar-refractivity contribution < 1.29 is 13.6 Å². The molecule has 0 aliphatic rings. The SMILES string of the molecule is Cn1cc(C(N)=O)cc1C(F)F. The Morgan fingerprint density at radius 2 is 2.25 bits per heavy atom. The van der Waals surface area contributed by atoms with E-state index in [0.717, 1.165) is 6.07 Å². The number of primary amides is 1. The van der Waals surface area contributed by atoms with Gasteiger partial charge in [0.1, 0.15) is 0 Å². The highest BCUT2D eigenvalue weighted by molar-refractivity contribution is 5.92. The van der Waals surface area contributed by atoms with Gasteiger partial charge in [-0.3, -0.25) is 4.79 Å². The number of halogens is 2. The van der Waals surface area contributed by atoms with Crippen LogP contribution in [0.1, 0.15) is 22.5 Å². The minimum Gasteiger partial charge on any atom is -0.366 e. The number of carbonyl (C=O) groups excluding carboxylic acids is 1. The Morgan fingerprint density at radius 3 is 2.50 bits per heavy atom. The Labute approximate surface area is 67.8 Å². The van der Waals surface area contributed by atoms with Crippen LogP contribution >= 0.6 is 0 Å². The second-order valence-electron chi connectivity index (χ2n) is 2.43. The number of nitrogens with zero attached hydrogens (tertiary/aromatic N) is 1. The molecule has 0 radical (unpaired) electrons. The topological polar surface area (TPSA) is 48.0 Å². The minimum atomic E-state index is -2.58. The molecule has 0 saturated heterocycles. The zero-order valence-corrected chi connectivity index (χ0v) is 6.42. The van der Waals surface area contributed by atoms with Gasteiger partial charge in [0.2, 0.25) is 5.91 Å². The zero-order valence-electron chi connectivity index (χ0n) is 6.42. The van der Waals surface area contributed by atoms with Crippen molar-refractivity contribution in [1.29, 1.82) is 0 Å². The van der Waals surface area contributed by atoms with Crippen LogP contribution in [0.2, 0.25) is 0 Å². The van der Waals surface area contributed by atoms with Crippen LogP contribution in [0.25, 0.3) is 0 Å². The van der Waals surface area contributed by atoms with Gasteiger partial charge in [-0.25, -0.2) is 8.78 Å². The maximum atomic E-state index is 12.1. The van der Waals surface area contributed by atoms with Crippen molar-refractivity contribution in [2.45, 2.75) is 6.43 Å². The maximum absolute atomic E-state index is 12.1. The van der Waals surface area contributed by atoms with Crippen molar-refractivity contribution in [3.63, 3.8) is 0 Å². The fraction of sp³-hybridized carbons (Fsp3) is 0.286. The van der Waals surface area contributed by atoms with Crippen LogP contribution in [0.4, 0.5) is 8.78 Å². The molecule has 66 valence electrons. The van der Waals surface area contributed by atoms with Crippen LogP contribution in [-0.4, -0.2) is 10.5 Å². The summed E-state index contributed by atoms with van der Waals surface area (Å²) in [6, 6.07) is 1.09. The van der Waals surface area contributed by atoms with Crippen molar-refractivity contribution in [1.82, 2.24) is 4.57 Å². The average molecular weight is 174 g/mol. The van der Waals surface area contributed by atoms with E-state index in [9.17, 15) is 13.6 Å². The van der Waals surface area contributed by atoms with Gasteiger partial charge in [0.15, 0.2) is 0 Å². The molecule has 1 aromatic rings. The predicted molar refractivity (Wildman–Crippen MR) is 38.9 cm³/mol. The van der Waals surface area contributed by atoms with Crippen LogP contribution in [0.5, 0.6) is 0 Å². The van der Waals surface area contributed by atoms with E-state index < -0.39 is 12.3 Å². The first-order valence-corrected chi connectivity index (χ1v) is 3.26. The molecule has 0 aliphatic heterocycles. The molecule has 1 rings (SSSR count). The highest BCUT2D eigenvalue weighted by Crippen LogP contribution is 2.20. The monoisotopic (exact) mass is 174 g/mol. The Bertz CT molecular complexity index is 306. The molecule has 5 heteroatoms. The molecular weight excluding hydrogens is 166 g/mol. The van der Waals surface area contributed by atoms with Crippen LogP contribution in [-0.2, 0) is 7.05 Å². The number of aryl methyl sites for hydroxylation is 1. The number of nitrogens with two attached hydrogens (primary N) is 1. The van der Waals surface area contributed by atoms with Gasteiger partial charge in [0, 0.05) is 13.2 Å². The molecule has 12 heavy (non-hydrogen) atoms. The standard InChI is InChI=1S/C7H8F2N2O/c1-11-3-4(7(10)12)2-5(11)6(8)9/h2-3,6H,1H3,(H2,10,12). The van der Waals surface area contributed by atoms with E-state index in [1.165, 1.54) is 17.8 Å². The van der Waals surface area contributed by atoms with Gasteiger partial charge in [0.25, 0.3) is 6.43 Å². The van der Waals surface area contributed by atoms with E-state index in [4.69, 9.17) is 5.73 Å². The molecule has 0 saturated carbocycles. The molecule has 3 nitrogen and oxygen atoms in total. The van der Waals surface area contributed by atoms with Crippen LogP contribution in [0, 0.1) is 0 Å². The van der Waals surface area contributed by atoms with Gasteiger partial charge in [-0.2, -0.15) is 0 Å². The van der Waals surface area contributed by atoms with Crippen LogP contribution in [0.3, 0.4) is 0 Å². The lowest BCUT2D eigenvalue weighted by Gasteiger charge is -1.98. The Morgan fingerprint density at radius 1 is 1.67 bits per heavy atom. The first-order chi connectivity index (χ1) is 5.52. The number of alkyl halides is 2. The maximum Gasteiger partial charge on any atom is 0.278 e. The van der Waals surface area contributed by atoms with E-state index in [1.54, 1.807) is 0 Å². The van der Waals surface area contributed by atoms with E-state index in [2.05, 4.69) is 0 Å². The lowest BCUT2D eigenvalue weighted by molar-refractivity contribution is 0.100. The molecule has 1 aromatic heterocycles. The largest absolute Gasteiger partial charge is 0.366 e. The molecule has 0 unspecified atom stereocenters. The van der Waals surface area contributed by atoms with Gasteiger partial charge in [-0.15, -0.1) is 0 Å². The van der Waals surface area contributed by atoms with Crippen molar-refractivity contribution in [3.8, 4) is 0 Å². The third kappa shape index (κ3) is 1.44. The number of rotatable bonds is 2. The molecule has 0 aromatic carbocycles. The smallest absolute Gasteiger partial charge is 0.278 e. The summed E-state index contributed by atoms with van der Waals surface area (Å²) in [6.07, 6.45) is -1.30. The van der Waals surface area contributed by atoms with Gasteiger partial charge >= 0.3 is 0 Å². The molecule has 1 amide bonds. The number of carbonyl (C=O) groups is 1. The fourth-order valence-corrected chi connectivity index (χ4v) is 0.933. The van der Waals surface area contributed by atoms with E-state index >= 15 is 0 Å². The Balaban J connectivity index is 3.09. The molecule has 0 bridgehead atoms. The summed E-state index contributed by atoms with van der Waals surface area (Å²) in [6.45, 7) is 0. The Hall–Kier alpha value is -1.39. The lowest BCUT2D eigenvalue weighted by atomic mass is 10.3. The molecule has 0 aliphatic carbocycles. The summed E-state index contributed by atoms with van der Waals surface area (Å²) in [7, 11) is 1.44. The Kier molecular flexibility index (Phi) is 2.12. The van der Waals surface area contributed by atoms with Crippen molar-refractivity contribution >= 4 is 5.91 Å². The summed E-state index contributed by atoms with van der Waals surface area (Å²) < 4.78 is 25.4. The quantitative estimate of drug-likeness (QED) is 0.716. The molecule has 0 spiro atoms. The third-order valence-electron chi connectivity index (χ3n) is 1.55. The second kappa shape index (κ2) is 2.92. The summed E-state index contributed by atoms with van der Waals surface area (Å²) in [5, 5.41) is 0. The molecule has 0 fully saturated rings. The summed E-state index contributed by atoms with van der Waals surface area (Å²) in [5.41, 5.74) is 4.80. The second-order valence-corrected chi connectivity index (χ2v) is 2.43. The highest BCUT2D eigenvalue weighted by Gasteiger charge is 2.14. The van der Waals surface area contributed by atoms with Crippen LogP contribution < -0.4 is 5.73 Å². The molecule has 1 heterocycles. The molecule has 0 atom stereocenters. The number of amides is 1. The predicted octanol–water partition coefficient (Wildman–Crippen LogP) is 1.06. The minimum absolute atomic E-state index is 0.104. The fourth-order valence-electron chi connectivity index (χ4n) is 0.933. The first kappa shape index (κ1) is 8.70. The third-order valence-corrected chi connectivity index (χ3v) is 1.55. The van der Waals surface area contributed by atoms with Crippen molar-refractivity contribution in [2.75, 3.05) is 0 Å². The summed E-state index contributed by atoms with van der Waals surface area (Å²) in [4.78, 5) is 10.6. The number of aromatic nitrogens is 1. The number of hydrogen-bond donors (Lipinski definition) is 1. The molecular formula is C7H8F2N2O. The highest BCUT2D eigenvalue weighted by atomic mass is 19.3. The van der Waals surface area contributed by atoms with E-state index in [0.29, 0.717) is 0 Å². The van der Waals surface area contributed by atoms with Crippen molar-refractivity contribution in [2.24, 2.45) is 12.8 Å². The van der Waals surface area contributed by atoms with Crippen molar-refractivity contribution in [3.05, 3.63) is 23.5 Å². The van der Waals surface area contributed by atoms with Crippen LogP contribution in [0.15, 0.2) is 12.3 Å². The number of hydrogen-bond acceptors (Lipinski definition) is 1. The van der Waals surface area contributed by atoms with Gasteiger partial charge in [-0.1, -0.05) is 0 Å². The van der Waals surface area contributed by atoms with E-state index in [1.807, 2.05) is 0 Å². The first-order valence-electron chi connectivity index (χ1n) is 3.26. The average Bonchev–Trinajstić information content (AvgIpc) is 2.30. The summed E-state index contributed by atoms with van der Waals surface area (Å²) >= 11 is 0. The normalized spacial score (nSPS) is 10.7. The summed E-state index contributed by atoms with van der Waals surface area (Å²) in [5.74, 6) is -0.697. The lowest BCUT2D eigenvalue weighted by Crippen LogP contribution is -2.09. The zero-order chi connectivity index (χ0) is 9.30. The van der Waals surface area contributed by atoms with Gasteiger partial charge < -0.3 is 10.3 Å².